The predicted octanol–water partition coefficient (Wildman–Crippen LogP) is 14.3. The summed E-state index contributed by atoms with van der Waals surface area (Å²) in [5.41, 5.74) is 10.6. The minimum Gasteiger partial charge on any atom is -0.135 e. The van der Waals surface area contributed by atoms with E-state index in [0.717, 1.165) is 0 Å². The molecule has 1 aliphatic rings. The van der Waals surface area contributed by atoms with E-state index in [4.69, 9.17) is 0 Å². The van der Waals surface area contributed by atoms with Crippen LogP contribution in [0.25, 0.3) is 96.6 Å². The summed E-state index contributed by atoms with van der Waals surface area (Å²) in [5.74, 6) is 0. The second-order valence-electron chi connectivity index (χ2n) is 14.4. The summed E-state index contributed by atoms with van der Waals surface area (Å²) in [6.07, 6.45) is 0. The second kappa shape index (κ2) is 10.1. The summed E-state index contributed by atoms with van der Waals surface area (Å²) < 4.78 is 2.75. The molecule has 0 atom stereocenters. The van der Waals surface area contributed by atoms with Crippen molar-refractivity contribution >= 4 is 74.6 Å². The molecule has 11 rings (SSSR count). The maximum Gasteiger partial charge on any atom is 0.0433 e. The molecule has 0 radical (unpaired) electrons. The Morgan fingerprint density at radius 2 is 0.940 bits per heavy atom. The minimum atomic E-state index is -0.0969. The molecule has 0 fully saturated rings. The van der Waals surface area contributed by atoms with Crippen LogP contribution in [-0.4, -0.2) is 0 Å². The maximum absolute atomic E-state index is 2.51. The fourth-order valence-electron chi connectivity index (χ4n) is 9.00. The molecule has 50 heavy (non-hydrogen) atoms. The average molecular weight is 653 g/mol. The van der Waals surface area contributed by atoms with Crippen LogP contribution in [-0.2, 0) is 5.41 Å². The van der Waals surface area contributed by atoms with E-state index in [1.165, 1.54) is 108 Å². The van der Waals surface area contributed by atoms with Gasteiger partial charge in [-0.1, -0.05) is 141 Å². The number of thiophene rings is 1. The van der Waals surface area contributed by atoms with E-state index < -0.39 is 0 Å². The number of hydrogen-bond acceptors (Lipinski definition) is 1. The Labute approximate surface area is 294 Å². The lowest BCUT2D eigenvalue weighted by molar-refractivity contribution is 0.661. The summed E-state index contributed by atoms with van der Waals surface area (Å²) >= 11 is 1.92. The van der Waals surface area contributed by atoms with Crippen LogP contribution >= 0.6 is 11.3 Å². The van der Waals surface area contributed by atoms with E-state index in [2.05, 4.69) is 172 Å². The van der Waals surface area contributed by atoms with Gasteiger partial charge in [-0.25, -0.2) is 0 Å². The molecule has 0 N–H and O–H groups in total. The molecule has 0 bridgehead atoms. The van der Waals surface area contributed by atoms with Crippen molar-refractivity contribution in [3.63, 3.8) is 0 Å². The van der Waals surface area contributed by atoms with Gasteiger partial charge in [0, 0.05) is 25.6 Å². The standard InChI is InChI=1S/C49H32S/c1-49(2)43-24-22-33(27-41(43)42-26-31-21-23-39-34-13-9-10-18-45(34)50-48(39)40(31)28-44(42)49)47-37-16-7-5-14-35(37)46(36-15-6-8-17-38(36)47)32-20-19-29-11-3-4-12-30(29)25-32/h3-28H,1-2H3. The van der Waals surface area contributed by atoms with Crippen molar-refractivity contribution in [1.29, 1.82) is 0 Å². The normalized spacial score (nSPS) is 13.6. The Balaban J connectivity index is 1.16. The molecule has 10 aromatic rings. The lowest BCUT2D eigenvalue weighted by Gasteiger charge is -2.22. The zero-order valence-corrected chi connectivity index (χ0v) is 28.7. The van der Waals surface area contributed by atoms with E-state index in [-0.39, 0.29) is 5.41 Å². The molecule has 0 amide bonds. The zero-order valence-electron chi connectivity index (χ0n) is 27.9. The van der Waals surface area contributed by atoms with E-state index >= 15 is 0 Å². The first-order valence-corrected chi connectivity index (χ1v) is 18.3. The topological polar surface area (TPSA) is 0 Å². The molecule has 9 aromatic carbocycles. The van der Waals surface area contributed by atoms with Crippen LogP contribution in [0.1, 0.15) is 25.0 Å². The van der Waals surface area contributed by atoms with Gasteiger partial charge in [0.2, 0.25) is 0 Å². The summed E-state index contributed by atoms with van der Waals surface area (Å²) in [6.45, 7) is 4.80. The Kier molecular flexibility index (Phi) is 5.70. The summed E-state index contributed by atoms with van der Waals surface area (Å²) in [6, 6.07) is 59.3. The minimum absolute atomic E-state index is 0.0969. The highest BCUT2D eigenvalue weighted by molar-refractivity contribution is 7.26. The number of fused-ring (bicyclic) bond motifs is 11. The van der Waals surface area contributed by atoms with Crippen molar-refractivity contribution < 1.29 is 0 Å². The summed E-state index contributed by atoms with van der Waals surface area (Å²) in [4.78, 5) is 0. The number of hydrogen-bond donors (Lipinski definition) is 0. The fraction of sp³-hybridized carbons (Fsp3) is 0.0612. The third-order valence-corrected chi connectivity index (χ3v) is 12.6. The molecule has 0 saturated heterocycles. The van der Waals surface area contributed by atoms with Crippen molar-refractivity contribution in [2.24, 2.45) is 0 Å². The Morgan fingerprint density at radius 1 is 0.380 bits per heavy atom. The highest BCUT2D eigenvalue weighted by Crippen LogP contribution is 2.53. The highest BCUT2D eigenvalue weighted by atomic mass is 32.1. The lowest BCUT2D eigenvalue weighted by Crippen LogP contribution is -2.14. The molecule has 0 aliphatic heterocycles. The van der Waals surface area contributed by atoms with E-state index in [9.17, 15) is 0 Å². The van der Waals surface area contributed by atoms with Gasteiger partial charge in [0.25, 0.3) is 0 Å². The number of rotatable bonds is 2. The summed E-state index contributed by atoms with van der Waals surface area (Å²) in [7, 11) is 0. The number of benzene rings is 9. The van der Waals surface area contributed by atoms with Crippen molar-refractivity contribution in [2.45, 2.75) is 19.3 Å². The SMILES string of the molecule is CC1(C)c2ccc(-c3c4ccccc4c(-c4ccc5ccccc5c4)c4ccccc34)cc2-c2cc3ccc4c5ccccc5sc4c3cc21. The van der Waals surface area contributed by atoms with E-state index in [0.29, 0.717) is 0 Å². The van der Waals surface area contributed by atoms with Gasteiger partial charge in [-0.15, -0.1) is 11.3 Å². The molecule has 0 saturated carbocycles. The van der Waals surface area contributed by atoms with Crippen LogP contribution in [0.4, 0.5) is 0 Å². The lowest BCUT2D eigenvalue weighted by atomic mass is 9.81. The molecule has 0 spiro atoms. The molecular weight excluding hydrogens is 621 g/mol. The van der Waals surface area contributed by atoms with Gasteiger partial charge >= 0.3 is 0 Å². The molecular formula is C49H32S. The first-order chi connectivity index (χ1) is 24.5. The van der Waals surface area contributed by atoms with E-state index in [1.807, 2.05) is 11.3 Å². The van der Waals surface area contributed by atoms with Crippen molar-refractivity contribution in [3.05, 3.63) is 169 Å². The van der Waals surface area contributed by atoms with Crippen molar-refractivity contribution in [1.82, 2.24) is 0 Å². The molecule has 1 aliphatic carbocycles. The van der Waals surface area contributed by atoms with Crippen molar-refractivity contribution in [3.8, 4) is 33.4 Å². The zero-order chi connectivity index (χ0) is 33.1. The van der Waals surface area contributed by atoms with E-state index in [1.54, 1.807) is 0 Å². The fourth-order valence-corrected chi connectivity index (χ4v) is 10.2. The second-order valence-corrected chi connectivity index (χ2v) is 15.5. The third-order valence-electron chi connectivity index (χ3n) is 11.4. The Bertz CT molecular complexity index is 3010. The van der Waals surface area contributed by atoms with Gasteiger partial charge < -0.3 is 0 Å². The van der Waals surface area contributed by atoms with Crippen LogP contribution in [0.15, 0.2) is 158 Å². The molecule has 0 nitrogen and oxygen atoms in total. The molecule has 234 valence electrons. The Hall–Kier alpha value is -5.76. The monoisotopic (exact) mass is 652 g/mol. The predicted molar refractivity (Wildman–Crippen MR) is 218 cm³/mol. The van der Waals surface area contributed by atoms with Gasteiger partial charge in [-0.2, -0.15) is 0 Å². The van der Waals surface area contributed by atoms with Gasteiger partial charge in [0.15, 0.2) is 0 Å². The smallest absolute Gasteiger partial charge is 0.0433 e. The van der Waals surface area contributed by atoms with Gasteiger partial charge in [0.05, 0.1) is 0 Å². The van der Waals surface area contributed by atoms with Gasteiger partial charge in [0.1, 0.15) is 0 Å². The maximum atomic E-state index is 2.51. The quantitative estimate of drug-likeness (QED) is 0.163. The highest BCUT2D eigenvalue weighted by Gasteiger charge is 2.36. The van der Waals surface area contributed by atoms with Crippen LogP contribution in [0, 0.1) is 0 Å². The first-order valence-electron chi connectivity index (χ1n) is 17.5. The van der Waals surface area contributed by atoms with Crippen LogP contribution in [0.3, 0.4) is 0 Å². The summed E-state index contributed by atoms with van der Waals surface area (Å²) in [5, 5.41) is 13.1. The molecule has 1 aromatic heterocycles. The largest absolute Gasteiger partial charge is 0.135 e. The van der Waals surface area contributed by atoms with Gasteiger partial charge in [-0.3, -0.25) is 0 Å². The van der Waals surface area contributed by atoms with Crippen molar-refractivity contribution in [2.75, 3.05) is 0 Å². The molecule has 1 heterocycles. The third kappa shape index (κ3) is 3.81. The molecule has 0 unspecified atom stereocenters. The van der Waals surface area contributed by atoms with Crippen LogP contribution in [0.5, 0.6) is 0 Å². The van der Waals surface area contributed by atoms with Gasteiger partial charge in [-0.05, 0) is 118 Å². The Morgan fingerprint density at radius 3 is 1.66 bits per heavy atom. The first kappa shape index (κ1) is 28.1. The average Bonchev–Trinajstić information content (AvgIpc) is 3.64. The van der Waals surface area contributed by atoms with Crippen LogP contribution in [0.2, 0.25) is 0 Å². The molecule has 1 heteroatoms. The van der Waals surface area contributed by atoms with Crippen LogP contribution < -0.4 is 0 Å².